The molecule has 0 aliphatic rings. The molecule has 0 saturated heterocycles. The standard InChI is InChI=1S/C28H26ClN5O3S/c1-18-5-4-6-22(15-18)17-38-28-32-31-27(33(28)25-16-23(29)11-7-19(25)2)20(3)30-26(35)14-10-21-8-12-24(13-9-21)34(36)37/h4-16,20H,17H2,1-3H3,(H,30,35)/b14-10+. The van der Waals surface area contributed by atoms with Crippen molar-refractivity contribution < 1.29 is 9.72 Å². The molecule has 4 rings (SSSR count). The molecule has 0 fully saturated rings. The zero-order chi connectivity index (χ0) is 27.2. The van der Waals surface area contributed by atoms with E-state index in [0.717, 1.165) is 11.3 Å². The molecule has 1 amide bonds. The van der Waals surface area contributed by atoms with Gasteiger partial charge in [0.15, 0.2) is 11.0 Å². The van der Waals surface area contributed by atoms with Gasteiger partial charge in [0.2, 0.25) is 5.91 Å². The number of rotatable bonds is 9. The summed E-state index contributed by atoms with van der Waals surface area (Å²) in [5.74, 6) is 0.944. The highest BCUT2D eigenvalue weighted by molar-refractivity contribution is 7.98. The maximum atomic E-state index is 12.7. The largest absolute Gasteiger partial charge is 0.343 e. The Balaban J connectivity index is 1.57. The average Bonchev–Trinajstić information content (AvgIpc) is 3.32. The zero-order valence-electron chi connectivity index (χ0n) is 21.1. The number of nitro groups is 1. The molecule has 1 N–H and O–H groups in total. The second-order valence-corrected chi connectivity index (χ2v) is 10.2. The third kappa shape index (κ3) is 6.67. The van der Waals surface area contributed by atoms with E-state index >= 15 is 0 Å². The molecule has 1 heterocycles. The van der Waals surface area contributed by atoms with Gasteiger partial charge in [0, 0.05) is 29.0 Å². The van der Waals surface area contributed by atoms with Crippen LogP contribution in [0.1, 0.15) is 41.0 Å². The van der Waals surface area contributed by atoms with Crippen molar-refractivity contribution in [3.05, 3.63) is 116 Å². The van der Waals surface area contributed by atoms with Crippen LogP contribution >= 0.6 is 23.4 Å². The molecule has 0 spiro atoms. The van der Waals surface area contributed by atoms with E-state index in [4.69, 9.17) is 11.6 Å². The summed E-state index contributed by atoms with van der Waals surface area (Å²) in [7, 11) is 0. The number of aromatic nitrogens is 3. The Morgan fingerprint density at radius 2 is 1.89 bits per heavy atom. The Bertz CT molecular complexity index is 1500. The minimum absolute atomic E-state index is 0.00746. The van der Waals surface area contributed by atoms with E-state index in [1.54, 1.807) is 30.0 Å². The quantitative estimate of drug-likeness (QED) is 0.109. The van der Waals surface area contributed by atoms with Crippen molar-refractivity contribution in [2.75, 3.05) is 0 Å². The lowest BCUT2D eigenvalue weighted by Gasteiger charge is -2.17. The Morgan fingerprint density at radius 3 is 2.61 bits per heavy atom. The Morgan fingerprint density at radius 1 is 1.13 bits per heavy atom. The van der Waals surface area contributed by atoms with E-state index in [1.165, 1.54) is 29.3 Å². The minimum Gasteiger partial charge on any atom is -0.343 e. The van der Waals surface area contributed by atoms with Crippen LogP contribution in [0.2, 0.25) is 5.02 Å². The van der Waals surface area contributed by atoms with Crippen LogP contribution in [0.25, 0.3) is 11.8 Å². The lowest BCUT2D eigenvalue weighted by Crippen LogP contribution is -2.27. The Labute approximate surface area is 229 Å². The highest BCUT2D eigenvalue weighted by Gasteiger charge is 2.22. The van der Waals surface area contributed by atoms with Gasteiger partial charge in [-0.15, -0.1) is 10.2 Å². The van der Waals surface area contributed by atoms with Gasteiger partial charge in [0.1, 0.15) is 0 Å². The van der Waals surface area contributed by atoms with Crippen LogP contribution in [0, 0.1) is 24.0 Å². The number of non-ortho nitro benzene ring substituents is 1. The highest BCUT2D eigenvalue weighted by atomic mass is 35.5. The van der Waals surface area contributed by atoms with Crippen molar-refractivity contribution in [2.24, 2.45) is 0 Å². The van der Waals surface area contributed by atoms with Crippen LogP contribution in [-0.4, -0.2) is 25.6 Å². The molecule has 1 atom stereocenters. The van der Waals surface area contributed by atoms with Gasteiger partial charge in [-0.2, -0.15) is 0 Å². The fourth-order valence-electron chi connectivity index (χ4n) is 3.86. The molecule has 10 heteroatoms. The van der Waals surface area contributed by atoms with Crippen molar-refractivity contribution in [3.63, 3.8) is 0 Å². The summed E-state index contributed by atoms with van der Waals surface area (Å²) in [5, 5.41) is 23.9. The summed E-state index contributed by atoms with van der Waals surface area (Å²) < 4.78 is 1.94. The third-order valence-electron chi connectivity index (χ3n) is 5.80. The molecular weight excluding hydrogens is 522 g/mol. The van der Waals surface area contributed by atoms with Gasteiger partial charge in [-0.05, 0) is 67.8 Å². The minimum atomic E-state index is -0.469. The summed E-state index contributed by atoms with van der Waals surface area (Å²) >= 11 is 7.90. The van der Waals surface area contributed by atoms with Crippen LogP contribution in [0.5, 0.6) is 0 Å². The second-order valence-electron chi connectivity index (χ2n) is 8.80. The molecule has 0 radical (unpaired) electrons. The van der Waals surface area contributed by atoms with Crippen molar-refractivity contribution >= 4 is 41.0 Å². The maximum absolute atomic E-state index is 12.7. The first-order chi connectivity index (χ1) is 18.2. The molecule has 4 aromatic rings. The SMILES string of the molecule is Cc1cccc(CSc2nnc(C(C)NC(=O)/C=C/c3ccc([N+](=O)[O-])cc3)n2-c2cc(Cl)ccc2C)c1. The van der Waals surface area contributed by atoms with Crippen LogP contribution in [0.3, 0.4) is 0 Å². The van der Waals surface area contributed by atoms with Gasteiger partial charge >= 0.3 is 0 Å². The second kappa shape index (κ2) is 12.1. The van der Waals surface area contributed by atoms with Gasteiger partial charge in [0.25, 0.3) is 5.69 Å². The molecule has 0 aliphatic carbocycles. The number of amides is 1. The molecule has 1 aromatic heterocycles. The Kier molecular flexibility index (Phi) is 8.60. The van der Waals surface area contributed by atoms with E-state index in [2.05, 4.69) is 40.6 Å². The topological polar surface area (TPSA) is 103 Å². The van der Waals surface area contributed by atoms with Crippen molar-refractivity contribution in [2.45, 2.75) is 37.7 Å². The summed E-state index contributed by atoms with van der Waals surface area (Å²) in [6, 6.07) is 19.4. The number of aryl methyl sites for hydroxylation is 2. The number of thioether (sulfide) groups is 1. The summed E-state index contributed by atoms with van der Waals surface area (Å²) in [5.41, 5.74) is 4.86. The van der Waals surface area contributed by atoms with Crippen LogP contribution in [0.4, 0.5) is 5.69 Å². The normalized spacial score (nSPS) is 12.0. The molecular formula is C28H26ClN5O3S. The van der Waals surface area contributed by atoms with Crippen LogP contribution in [-0.2, 0) is 10.5 Å². The number of carbonyl (C=O) groups is 1. The smallest absolute Gasteiger partial charge is 0.269 e. The number of hydrogen-bond donors (Lipinski definition) is 1. The molecule has 0 saturated carbocycles. The van der Waals surface area contributed by atoms with E-state index < -0.39 is 11.0 Å². The van der Waals surface area contributed by atoms with E-state index in [1.807, 2.05) is 42.7 Å². The van der Waals surface area contributed by atoms with Crippen molar-refractivity contribution in [1.82, 2.24) is 20.1 Å². The molecule has 1 unspecified atom stereocenters. The molecule has 8 nitrogen and oxygen atoms in total. The molecule has 194 valence electrons. The van der Waals surface area contributed by atoms with E-state index in [0.29, 0.717) is 27.3 Å². The predicted molar refractivity (Wildman–Crippen MR) is 151 cm³/mol. The number of nitrogens with zero attached hydrogens (tertiary/aromatic N) is 4. The van der Waals surface area contributed by atoms with Crippen LogP contribution < -0.4 is 5.32 Å². The number of hydrogen-bond acceptors (Lipinski definition) is 6. The Hall–Kier alpha value is -3.95. The first-order valence-corrected chi connectivity index (χ1v) is 13.2. The van der Waals surface area contributed by atoms with Crippen molar-refractivity contribution in [1.29, 1.82) is 0 Å². The molecule has 38 heavy (non-hydrogen) atoms. The van der Waals surface area contributed by atoms with Gasteiger partial charge in [-0.1, -0.05) is 59.3 Å². The highest BCUT2D eigenvalue weighted by Crippen LogP contribution is 2.30. The fourth-order valence-corrected chi connectivity index (χ4v) is 4.92. The fraction of sp³-hybridized carbons (Fsp3) is 0.179. The van der Waals surface area contributed by atoms with E-state index in [-0.39, 0.29) is 11.6 Å². The first-order valence-electron chi connectivity index (χ1n) is 11.8. The van der Waals surface area contributed by atoms with E-state index in [9.17, 15) is 14.9 Å². The average molecular weight is 548 g/mol. The number of nitrogens with one attached hydrogen (secondary N) is 1. The first kappa shape index (κ1) is 27.1. The zero-order valence-corrected chi connectivity index (χ0v) is 22.7. The number of benzene rings is 3. The third-order valence-corrected chi connectivity index (χ3v) is 7.03. The van der Waals surface area contributed by atoms with Crippen LogP contribution in [0.15, 0.2) is 78.0 Å². The number of halogens is 1. The summed E-state index contributed by atoms with van der Waals surface area (Å²) in [6.45, 7) is 5.89. The molecule has 0 aliphatic heterocycles. The summed E-state index contributed by atoms with van der Waals surface area (Å²) in [4.78, 5) is 23.1. The number of carbonyl (C=O) groups excluding carboxylic acids is 1. The van der Waals surface area contributed by atoms with Gasteiger partial charge in [-0.25, -0.2) is 0 Å². The predicted octanol–water partition coefficient (Wildman–Crippen LogP) is 6.63. The summed E-state index contributed by atoms with van der Waals surface area (Å²) in [6.07, 6.45) is 2.98. The lowest BCUT2D eigenvalue weighted by atomic mass is 10.2. The van der Waals surface area contributed by atoms with Crippen molar-refractivity contribution in [3.8, 4) is 5.69 Å². The lowest BCUT2D eigenvalue weighted by molar-refractivity contribution is -0.384. The molecule has 3 aromatic carbocycles. The number of nitro benzene ring substituents is 1. The monoisotopic (exact) mass is 547 g/mol. The van der Waals surface area contributed by atoms with Gasteiger partial charge in [0.05, 0.1) is 16.7 Å². The van der Waals surface area contributed by atoms with Gasteiger partial charge in [-0.3, -0.25) is 19.5 Å². The maximum Gasteiger partial charge on any atom is 0.269 e. The molecule has 0 bridgehead atoms. The van der Waals surface area contributed by atoms with Gasteiger partial charge < -0.3 is 5.32 Å².